The van der Waals surface area contributed by atoms with Gasteiger partial charge in [-0.2, -0.15) is 5.10 Å². The summed E-state index contributed by atoms with van der Waals surface area (Å²) >= 11 is 1.25. The molecule has 0 saturated heterocycles. The van der Waals surface area contributed by atoms with E-state index in [9.17, 15) is 15.0 Å². The Morgan fingerprint density at radius 2 is 1.69 bits per heavy atom. The van der Waals surface area contributed by atoms with E-state index in [0.717, 1.165) is 11.3 Å². The van der Waals surface area contributed by atoms with Gasteiger partial charge in [0.15, 0.2) is 22.5 Å². The zero-order valence-corrected chi connectivity index (χ0v) is 17.6. The van der Waals surface area contributed by atoms with Crippen LogP contribution in [-0.4, -0.2) is 42.9 Å². The van der Waals surface area contributed by atoms with Crippen LogP contribution < -0.4 is 5.43 Å². The molecule has 0 saturated carbocycles. The highest BCUT2D eigenvalue weighted by Crippen LogP contribution is 2.28. The summed E-state index contributed by atoms with van der Waals surface area (Å²) in [6.45, 7) is 0. The van der Waals surface area contributed by atoms with Crippen LogP contribution in [-0.2, 0) is 4.79 Å². The number of aromatic nitrogens is 3. The lowest BCUT2D eigenvalue weighted by atomic mass is 10.2. The predicted octanol–water partition coefficient (Wildman–Crippen LogP) is 3.59. The number of nitrogens with zero attached hydrogens (tertiary/aromatic N) is 4. The van der Waals surface area contributed by atoms with E-state index in [-0.39, 0.29) is 23.2 Å². The summed E-state index contributed by atoms with van der Waals surface area (Å²) in [6, 6.07) is 23.7. The van der Waals surface area contributed by atoms with Gasteiger partial charge in [-0.05, 0) is 35.9 Å². The number of phenolic OH excluding ortho intramolecular Hbond substituents is 2. The Morgan fingerprint density at radius 3 is 2.41 bits per heavy atom. The van der Waals surface area contributed by atoms with Gasteiger partial charge in [0.05, 0.1) is 12.0 Å². The van der Waals surface area contributed by atoms with Crippen molar-refractivity contribution in [1.29, 1.82) is 0 Å². The summed E-state index contributed by atoms with van der Waals surface area (Å²) in [6.07, 6.45) is 1.38. The molecule has 0 aliphatic heterocycles. The highest BCUT2D eigenvalue weighted by atomic mass is 32.2. The molecule has 4 rings (SSSR count). The summed E-state index contributed by atoms with van der Waals surface area (Å²) in [4.78, 5) is 12.3. The quantitative estimate of drug-likeness (QED) is 0.173. The standard InChI is InChI=1S/C23H19N5O3S/c29-19-12-11-16(13-20(19)30)14-24-25-21(31)15-32-23-27-26-22(17-7-3-1-4-8-17)28(23)18-9-5-2-6-10-18/h1-14,29-30H,15H2,(H,25,31). The number of hydrazone groups is 1. The second-order valence-electron chi connectivity index (χ2n) is 6.67. The normalized spacial score (nSPS) is 11.0. The molecule has 3 N–H and O–H groups in total. The molecule has 1 heterocycles. The number of benzene rings is 3. The van der Waals surface area contributed by atoms with E-state index >= 15 is 0 Å². The topological polar surface area (TPSA) is 113 Å². The highest BCUT2D eigenvalue weighted by Gasteiger charge is 2.17. The Hall–Kier alpha value is -4.11. The third-order valence-corrected chi connectivity index (χ3v) is 5.34. The molecule has 4 aromatic rings. The van der Waals surface area contributed by atoms with Crippen molar-refractivity contribution in [2.45, 2.75) is 5.16 Å². The summed E-state index contributed by atoms with van der Waals surface area (Å²) in [5, 5.41) is 31.9. The molecule has 32 heavy (non-hydrogen) atoms. The Bertz CT molecular complexity index is 1240. The molecular weight excluding hydrogens is 426 g/mol. The van der Waals surface area contributed by atoms with Gasteiger partial charge >= 0.3 is 0 Å². The number of rotatable bonds is 7. The number of carbonyl (C=O) groups excluding carboxylic acids is 1. The third kappa shape index (κ3) is 4.96. The fraction of sp³-hybridized carbons (Fsp3) is 0.0435. The highest BCUT2D eigenvalue weighted by molar-refractivity contribution is 7.99. The summed E-state index contributed by atoms with van der Waals surface area (Å²) in [5.74, 6) is -0.0361. The van der Waals surface area contributed by atoms with E-state index in [1.807, 2.05) is 65.2 Å². The van der Waals surface area contributed by atoms with E-state index in [4.69, 9.17) is 0 Å². The molecule has 1 aromatic heterocycles. The van der Waals surface area contributed by atoms with Crippen LogP contribution in [0, 0.1) is 0 Å². The minimum atomic E-state index is -0.321. The number of hydrogen-bond donors (Lipinski definition) is 3. The molecule has 0 unspecified atom stereocenters. The van der Waals surface area contributed by atoms with Gasteiger partial charge in [0, 0.05) is 11.3 Å². The first kappa shape index (κ1) is 21.1. The van der Waals surface area contributed by atoms with Gasteiger partial charge in [-0.25, -0.2) is 5.43 Å². The van der Waals surface area contributed by atoms with Crippen molar-refractivity contribution in [2.24, 2.45) is 5.10 Å². The molecule has 160 valence electrons. The van der Waals surface area contributed by atoms with Crippen LogP contribution in [0.25, 0.3) is 17.1 Å². The Morgan fingerprint density at radius 1 is 0.969 bits per heavy atom. The number of thioether (sulfide) groups is 1. The summed E-state index contributed by atoms with van der Waals surface area (Å²) in [7, 11) is 0. The van der Waals surface area contributed by atoms with Gasteiger partial charge in [0.1, 0.15) is 0 Å². The molecule has 0 bridgehead atoms. The number of phenols is 2. The average Bonchev–Trinajstić information content (AvgIpc) is 3.25. The molecular formula is C23H19N5O3S. The van der Waals surface area contributed by atoms with Gasteiger partial charge in [0.2, 0.25) is 0 Å². The van der Waals surface area contributed by atoms with Gasteiger partial charge in [-0.3, -0.25) is 9.36 Å². The van der Waals surface area contributed by atoms with Crippen LogP contribution in [0.1, 0.15) is 5.56 Å². The van der Waals surface area contributed by atoms with Crippen LogP contribution in [0.2, 0.25) is 0 Å². The van der Waals surface area contributed by atoms with Crippen molar-refractivity contribution in [2.75, 3.05) is 5.75 Å². The molecule has 3 aromatic carbocycles. The molecule has 0 aliphatic rings. The van der Waals surface area contributed by atoms with Crippen molar-refractivity contribution in [3.05, 3.63) is 84.4 Å². The number of carbonyl (C=O) groups is 1. The van der Waals surface area contributed by atoms with E-state index < -0.39 is 0 Å². The Kier molecular flexibility index (Phi) is 6.47. The van der Waals surface area contributed by atoms with Crippen LogP contribution in [0.3, 0.4) is 0 Å². The van der Waals surface area contributed by atoms with Crippen molar-refractivity contribution in [3.63, 3.8) is 0 Å². The monoisotopic (exact) mass is 445 g/mol. The molecule has 0 fully saturated rings. The van der Waals surface area contributed by atoms with Gasteiger partial charge in [0.25, 0.3) is 5.91 Å². The van der Waals surface area contributed by atoms with Crippen LogP contribution in [0.4, 0.5) is 0 Å². The second-order valence-corrected chi connectivity index (χ2v) is 7.62. The number of amides is 1. The fourth-order valence-electron chi connectivity index (χ4n) is 2.91. The SMILES string of the molecule is O=C(CSc1nnc(-c2ccccc2)n1-c1ccccc1)NN=Cc1ccc(O)c(O)c1. The molecule has 9 heteroatoms. The molecule has 0 aliphatic carbocycles. The van der Waals surface area contributed by atoms with E-state index in [1.165, 1.54) is 30.1 Å². The maximum absolute atomic E-state index is 12.3. The number of nitrogens with one attached hydrogen (secondary N) is 1. The number of aromatic hydroxyl groups is 2. The van der Waals surface area contributed by atoms with Gasteiger partial charge in [-0.15, -0.1) is 10.2 Å². The first-order chi connectivity index (χ1) is 15.6. The maximum atomic E-state index is 12.3. The van der Waals surface area contributed by atoms with Gasteiger partial charge in [-0.1, -0.05) is 60.3 Å². The molecule has 8 nitrogen and oxygen atoms in total. The fourth-order valence-corrected chi connectivity index (χ4v) is 3.65. The van der Waals surface area contributed by atoms with Crippen LogP contribution in [0.5, 0.6) is 11.5 Å². The first-order valence-corrected chi connectivity index (χ1v) is 10.6. The lowest BCUT2D eigenvalue weighted by Crippen LogP contribution is -2.20. The zero-order chi connectivity index (χ0) is 22.3. The van der Waals surface area contributed by atoms with Crippen LogP contribution in [0.15, 0.2) is 89.1 Å². The summed E-state index contributed by atoms with van der Waals surface area (Å²) < 4.78 is 1.91. The third-order valence-electron chi connectivity index (χ3n) is 4.41. The Balaban J connectivity index is 1.47. The lowest BCUT2D eigenvalue weighted by Gasteiger charge is -2.10. The smallest absolute Gasteiger partial charge is 0.250 e. The van der Waals surface area contributed by atoms with E-state index in [1.54, 1.807) is 6.07 Å². The molecule has 0 atom stereocenters. The minimum absolute atomic E-state index is 0.0813. The number of hydrogen-bond acceptors (Lipinski definition) is 7. The van der Waals surface area contributed by atoms with Crippen molar-refractivity contribution >= 4 is 23.9 Å². The van der Waals surface area contributed by atoms with Crippen molar-refractivity contribution < 1.29 is 15.0 Å². The predicted molar refractivity (Wildman–Crippen MR) is 123 cm³/mol. The van der Waals surface area contributed by atoms with Crippen molar-refractivity contribution in [1.82, 2.24) is 20.2 Å². The lowest BCUT2D eigenvalue weighted by molar-refractivity contribution is -0.118. The number of para-hydroxylation sites is 1. The second kappa shape index (κ2) is 9.80. The summed E-state index contributed by atoms with van der Waals surface area (Å²) in [5.41, 5.74) is 4.78. The minimum Gasteiger partial charge on any atom is -0.504 e. The largest absolute Gasteiger partial charge is 0.504 e. The Labute approximate surface area is 188 Å². The van der Waals surface area contributed by atoms with E-state index in [0.29, 0.717) is 16.5 Å². The maximum Gasteiger partial charge on any atom is 0.250 e. The zero-order valence-electron chi connectivity index (χ0n) is 16.8. The van der Waals surface area contributed by atoms with Crippen LogP contribution >= 0.6 is 11.8 Å². The molecule has 1 amide bonds. The average molecular weight is 446 g/mol. The van der Waals surface area contributed by atoms with Gasteiger partial charge < -0.3 is 10.2 Å². The molecule has 0 radical (unpaired) electrons. The first-order valence-electron chi connectivity index (χ1n) is 9.65. The van der Waals surface area contributed by atoms with E-state index in [2.05, 4.69) is 20.7 Å². The molecule has 0 spiro atoms. The van der Waals surface area contributed by atoms with Crippen molar-refractivity contribution in [3.8, 4) is 28.6 Å².